The monoisotopic (exact) mass is 266 g/mol. The van der Waals surface area contributed by atoms with Crippen LogP contribution in [0.4, 0.5) is 0 Å². The minimum Gasteiger partial charge on any atom is -0.480 e. The van der Waals surface area contributed by atoms with Crippen molar-refractivity contribution in [1.82, 2.24) is 9.97 Å². The molecule has 0 aliphatic carbocycles. The van der Waals surface area contributed by atoms with Crippen molar-refractivity contribution < 1.29 is 9.47 Å². The highest BCUT2D eigenvalue weighted by molar-refractivity contribution is 14.1. The first-order valence-corrected chi connectivity index (χ1v) is 3.96. The molecule has 1 aromatic rings. The van der Waals surface area contributed by atoms with E-state index >= 15 is 0 Å². The summed E-state index contributed by atoms with van der Waals surface area (Å²) in [6.45, 7) is 0. The standard InChI is InChI=1S/C6H7IN2O2/c1-10-4-3-8-5(7)6(9-4)11-2/h3H,1-2H3. The van der Waals surface area contributed by atoms with Gasteiger partial charge in [-0.25, -0.2) is 4.98 Å². The summed E-state index contributed by atoms with van der Waals surface area (Å²) >= 11 is 2.04. The molecule has 0 aromatic carbocycles. The molecule has 0 spiro atoms. The van der Waals surface area contributed by atoms with Gasteiger partial charge >= 0.3 is 0 Å². The normalized spacial score (nSPS) is 9.36. The number of ether oxygens (including phenoxy) is 2. The second-order valence-electron chi connectivity index (χ2n) is 1.71. The Hall–Kier alpha value is -0.590. The number of hydrogen-bond acceptors (Lipinski definition) is 4. The van der Waals surface area contributed by atoms with Crippen LogP contribution >= 0.6 is 22.6 Å². The van der Waals surface area contributed by atoms with Gasteiger partial charge in [0.15, 0.2) is 3.70 Å². The molecule has 1 heterocycles. The molecule has 1 rings (SSSR count). The SMILES string of the molecule is COc1cnc(I)c(OC)n1. The largest absolute Gasteiger partial charge is 0.480 e. The molecule has 0 aliphatic heterocycles. The van der Waals surface area contributed by atoms with Crippen molar-refractivity contribution in [2.45, 2.75) is 0 Å². The molecule has 0 bridgehead atoms. The predicted molar refractivity (Wildman–Crippen MR) is 47.9 cm³/mol. The van der Waals surface area contributed by atoms with Gasteiger partial charge in [-0.15, -0.1) is 0 Å². The van der Waals surface area contributed by atoms with Crippen LogP contribution in [-0.4, -0.2) is 24.2 Å². The second-order valence-corrected chi connectivity index (χ2v) is 2.73. The van der Waals surface area contributed by atoms with E-state index in [1.807, 2.05) is 22.6 Å². The van der Waals surface area contributed by atoms with Gasteiger partial charge in [0, 0.05) is 0 Å². The summed E-state index contributed by atoms with van der Waals surface area (Å²) in [5, 5.41) is 0. The highest BCUT2D eigenvalue weighted by Gasteiger charge is 2.03. The molecule has 0 aliphatic rings. The van der Waals surface area contributed by atoms with Gasteiger partial charge in [0.25, 0.3) is 0 Å². The summed E-state index contributed by atoms with van der Waals surface area (Å²) in [7, 11) is 3.09. The lowest BCUT2D eigenvalue weighted by molar-refractivity contribution is 0.358. The molecule has 0 unspecified atom stereocenters. The molecule has 0 amide bonds. The van der Waals surface area contributed by atoms with Crippen LogP contribution in [-0.2, 0) is 0 Å². The van der Waals surface area contributed by atoms with E-state index in [1.165, 1.54) is 7.11 Å². The Kier molecular flexibility index (Phi) is 2.86. The van der Waals surface area contributed by atoms with E-state index in [1.54, 1.807) is 13.3 Å². The maximum atomic E-state index is 4.93. The maximum Gasteiger partial charge on any atom is 0.249 e. The van der Waals surface area contributed by atoms with Crippen LogP contribution in [0.15, 0.2) is 6.20 Å². The van der Waals surface area contributed by atoms with Crippen molar-refractivity contribution in [1.29, 1.82) is 0 Å². The molecular formula is C6H7IN2O2. The molecule has 0 N–H and O–H groups in total. The number of rotatable bonds is 2. The molecule has 0 fully saturated rings. The zero-order chi connectivity index (χ0) is 8.27. The average molecular weight is 266 g/mol. The number of aromatic nitrogens is 2. The molecule has 0 saturated heterocycles. The van der Waals surface area contributed by atoms with Crippen LogP contribution in [0.25, 0.3) is 0 Å². The Morgan fingerprint density at radius 1 is 1.36 bits per heavy atom. The van der Waals surface area contributed by atoms with E-state index in [2.05, 4.69) is 9.97 Å². The number of halogens is 1. The molecule has 0 atom stereocenters. The van der Waals surface area contributed by atoms with E-state index in [0.717, 1.165) is 3.70 Å². The lowest BCUT2D eigenvalue weighted by atomic mass is 10.7. The zero-order valence-electron chi connectivity index (χ0n) is 6.17. The van der Waals surface area contributed by atoms with E-state index in [9.17, 15) is 0 Å². The van der Waals surface area contributed by atoms with Gasteiger partial charge in [0.2, 0.25) is 11.8 Å². The van der Waals surface area contributed by atoms with Crippen LogP contribution in [0.5, 0.6) is 11.8 Å². The number of hydrogen-bond donors (Lipinski definition) is 0. The first kappa shape index (κ1) is 8.51. The Labute approximate surface area is 78.1 Å². The maximum absolute atomic E-state index is 4.93. The third-order valence-corrected chi connectivity index (χ3v) is 1.82. The molecule has 60 valence electrons. The van der Waals surface area contributed by atoms with Crippen molar-refractivity contribution in [3.8, 4) is 11.8 Å². The van der Waals surface area contributed by atoms with Gasteiger partial charge in [-0.05, 0) is 22.6 Å². The van der Waals surface area contributed by atoms with Gasteiger partial charge < -0.3 is 9.47 Å². The van der Waals surface area contributed by atoms with Crippen LogP contribution in [0.3, 0.4) is 0 Å². The van der Waals surface area contributed by atoms with E-state index in [0.29, 0.717) is 11.8 Å². The van der Waals surface area contributed by atoms with Gasteiger partial charge in [-0.3, -0.25) is 0 Å². The molecule has 11 heavy (non-hydrogen) atoms. The Balaban J connectivity index is 3.02. The van der Waals surface area contributed by atoms with Crippen LogP contribution in [0, 0.1) is 3.70 Å². The molecule has 5 heteroatoms. The molecule has 1 aromatic heterocycles. The fraction of sp³-hybridized carbons (Fsp3) is 0.333. The molecule has 0 radical (unpaired) electrons. The third kappa shape index (κ3) is 1.92. The lowest BCUT2D eigenvalue weighted by Gasteiger charge is -2.02. The van der Waals surface area contributed by atoms with E-state index in [-0.39, 0.29) is 0 Å². The van der Waals surface area contributed by atoms with Crippen LogP contribution in [0.1, 0.15) is 0 Å². The van der Waals surface area contributed by atoms with Crippen LogP contribution in [0.2, 0.25) is 0 Å². The summed E-state index contributed by atoms with van der Waals surface area (Å²) < 4.78 is 10.5. The Morgan fingerprint density at radius 2 is 2.09 bits per heavy atom. The molecular weight excluding hydrogens is 259 g/mol. The first-order chi connectivity index (χ1) is 5.27. The smallest absolute Gasteiger partial charge is 0.249 e. The fourth-order valence-corrected chi connectivity index (χ4v) is 1.05. The van der Waals surface area contributed by atoms with Gasteiger partial charge in [0.1, 0.15) is 0 Å². The van der Waals surface area contributed by atoms with Gasteiger partial charge in [-0.2, -0.15) is 4.98 Å². The highest BCUT2D eigenvalue weighted by atomic mass is 127. The minimum atomic E-state index is 0.460. The van der Waals surface area contributed by atoms with Crippen molar-refractivity contribution in [3.05, 3.63) is 9.90 Å². The number of nitrogens with zero attached hydrogens (tertiary/aromatic N) is 2. The topological polar surface area (TPSA) is 44.2 Å². The van der Waals surface area contributed by atoms with E-state index < -0.39 is 0 Å². The van der Waals surface area contributed by atoms with Crippen molar-refractivity contribution in [2.24, 2.45) is 0 Å². The summed E-state index contributed by atoms with van der Waals surface area (Å²) in [5.41, 5.74) is 0. The number of methoxy groups -OCH3 is 2. The van der Waals surface area contributed by atoms with Gasteiger partial charge in [-0.1, -0.05) is 0 Å². The third-order valence-electron chi connectivity index (χ3n) is 1.08. The summed E-state index contributed by atoms with van der Waals surface area (Å²) in [5.74, 6) is 0.951. The zero-order valence-corrected chi connectivity index (χ0v) is 8.32. The summed E-state index contributed by atoms with van der Waals surface area (Å²) in [6, 6.07) is 0. The lowest BCUT2D eigenvalue weighted by Crippen LogP contribution is -1.96. The second kappa shape index (κ2) is 3.70. The van der Waals surface area contributed by atoms with Crippen LogP contribution < -0.4 is 9.47 Å². The molecule has 0 saturated carbocycles. The predicted octanol–water partition coefficient (Wildman–Crippen LogP) is 1.10. The van der Waals surface area contributed by atoms with Crippen molar-refractivity contribution >= 4 is 22.6 Å². The van der Waals surface area contributed by atoms with E-state index in [4.69, 9.17) is 9.47 Å². The summed E-state index contributed by atoms with van der Waals surface area (Å²) in [6.07, 6.45) is 1.55. The fourth-order valence-electron chi connectivity index (χ4n) is 0.570. The summed E-state index contributed by atoms with van der Waals surface area (Å²) in [4.78, 5) is 7.99. The Bertz CT molecular complexity index is 254. The molecule has 4 nitrogen and oxygen atoms in total. The first-order valence-electron chi connectivity index (χ1n) is 2.88. The van der Waals surface area contributed by atoms with Gasteiger partial charge in [0.05, 0.1) is 20.4 Å². The minimum absolute atomic E-state index is 0.460. The highest BCUT2D eigenvalue weighted by Crippen LogP contribution is 2.17. The van der Waals surface area contributed by atoms with Crippen molar-refractivity contribution in [2.75, 3.05) is 14.2 Å². The van der Waals surface area contributed by atoms with Crippen molar-refractivity contribution in [3.63, 3.8) is 0 Å². The quantitative estimate of drug-likeness (QED) is 0.752. The average Bonchev–Trinajstić information content (AvgIpc) is 2.05. The Morgan fingerprint density at radius 3 is 2.64 bits per heavy atom.